The fourth-order valence-electron chi connectivity index (χ4n) is 4.11. The van der Waals surface area contributed by atoms with Gasteiger partial charge in [0, 0.05) is 23.4 Å². The largest absolute Gasteiger partial charge is 0.460 e. The number of carbonyl (C=O) groups is 1. The second-order valence-corrected chi connectivity index (χ2v) is 8.82. The number of hydrogen-bond donors (Lipinski definition) is 1. The van der Waals surface area contributed by atoms with Crippen LogP contribution in [0.5, 0.6) is 6.01 Å². The molecule has 0 fully saturated rings. The minimum atomic E-state index is -4.51. The Balaban J connectivity index is 1.41. The summed E-state index contributed by atoms with van der Waals surface area (Å²) >= 11 is 0. The van der Waals surface area contributed by atoms with Crippen LogP contribution in [-0.2, 0) is 10.9 Å². The van der Waals surface area contributed by atoms with E-state index in [4.69, 9.17) is 9.47 Å². The molecule has 0 bridgehead atoms. The number of nitrogens with zero attached hydrogens (tertiary/aromatic N) is 3. The van der Waals surface area contributed by atoms with Gasteiger partial charge in [-0.05, 0) is 66.2 Å². The molecule has 5 aromatic rings. The molecule has 5 rings (SSSR count). The Morgan fingerprint density at radius 3 is 2.42 bits per heavy atom. The number of fused-ring (bicyclic) bond motifs is 1. The first kappa shape index (κ1) is 26.9. The number of nitrogens with one attached hydrogen (secondary N) is 1. The van der Waals surface area contributed by atoms with Gasteiger partial charge in [0.1, 0.15) is 6.61 Å². The highest BCUT2D eigenvalue weighted by molar-refractivity contribution is 6.06. The van der Waals surface area contributed by atoms with Crippen molar-refractivity contribution in [2.24, 2.45) is 0 Å². The SMILES string of the molecule is CCOCCOc1nc(-c2cccc(C(F)(F)F)c2)n(-c2ccc(NC(=O)c3ccc4ccccc4c3)cc2)n1. The van der Waals surface area contributed by atoms with E-state index >= 15 is 0 Å². The molecule has 1 heterocycles. The molecule has 0 aliphatic carbocycles. The van der Waals surface area contributed by atoms with Crippen LogP contribution in [0.2, 0.25) is 0 Å². The third kappa shape index (κ3) is 6.13. The topological polar surface area (TPSA) is 78.3 Å². The Bertz CT molecular complexity index is 1630. The van der Waals surface area contributed by atoms with E-state index in [9.17, 15) is 18.0 Å². The van der Waals surface area contributed by atoms with Crippen LogP contribution < -0.4 is 10.1 Å². The lowest BCUT2D eigenvalue weighted by molar-refractivity contribution is -0.137. The first-order chi connectivity index (χ1) is 19.3. The summed E-state index contributed by atoms with van der Waals surface area (Å²) in [6.45, 7) is 2.87. The molecular weight excluding hydrogens is 521 g/mol. The van der Waals surface area contributed by atoms with Crippen molar-refractivity contribution >= 4 is 22.4 Å². The van der Waals surface area contributed by atoms with E-state index in [0.717, 1.165) is 22.9 Å². The third-order valence-electron chi connectivity index (χ3n) is 6.08. The molecule has 204 valence electrons. The predicted octanol–water partition coefficient (Wildman–Crippen LogP) is 6.77. The van der Waals surface area contributed by atoms with Gasteiger partial charge >= 0.3 is 12.2 Å². The van der Waals surface area contributed by atoms with Crippen molar-refractivity contribution in [2.75, 3.05) is 25.1 Å². The standard InChI is InChI=1S/C30H25F3N4O3/c1-2-39-16-17-40-29-35-27(22-8-5-9-24(19-22)30(31,32)33)37(36-29)26-14-12-25(13-15-26)34-28(38)23-11-10-20-6-3-4-7-21(20)18-23/h3-15,18-19H,2,16-17H2,1H3,(H,34,38). The predicted molar refractivity (Wildman–Crippen MR) is 146 cm³/mol. The number of amides is 1. The molecule has 1 N–H and O–H groups in total. The zero-order valence-corrected chi connectivity index (χ0v) is 21.5. The molecule has 10 heteroatoms. The van der Waals surface area contributed by atoms with Gasteiger partial charge < -0.3 is 14.8 Å². The van der Waals surface area contributed by atoms with Crippen molar-refractivity contribution in [1.82, 2.24) is 14.8 Å². The maximum absolute atomic E-state index is 13.4. The number of benzene rings is 4. The highest BCUT2D eigenvalue weighted by atomic mass is 19.4. The van der Waals surface area contributed by atoms with Crippen LogP contribution in [0, 0.1) is 0 Å². The quantitative estimate of drug-likeness (QED) is 0.206. The Labute approximate surface area is 228 Å². The van der Waals surface area contributed by atoms with E-state index in [1.165, 1.54) is 16.8 Å². The van der Waals surface area contributed by atoms with Crippen LogP contribution in [0.3, 0.4) is 0 Å². The number of ether oxygens (including phenoxy) is 2. The number of anilines is 1. The van der Waals surface area contributed by atoms with Crippen molar-refractivity contribution in [1.29, 1.82) is 0 Å². The van der Waals surface area contributed by atoms with Gasteiger partial charge in [-0.25, -0.2) is 4.68 Å². The first-order valence-corrected chi connectivity index (χ1v) is 12.6. The van der Waals surface area contributed by atoms with E-state index in [-0.39, 0.29) is 29.9 Å². The number of aromatic nitrogens is 3. The summed E-state index contributed by atoms with van der Waals surface area (Å²) in [5, 5.41) is 9.23. The molecule has 0 radical (unpaired) electrons. The minimum absolute atomic E-state index is 0.000739. The highest BCUT2D eigenvalue weighted by Gasteiger charge is 2.31. The van der Waals surface area contributed by atoms with Gasteiger partial charge in [-0.15, -0.1) is 5.10 Å². The van der Waals surface area contributed by atoms with Gasteiger partial charge in [-0.2, -0.15) is 18.2 Å². The third-order valence-corrected chi connectivity index (χ3v) is 6.08. The monoisotopic (exact) mass is 546 g/mol. The summed E-state index contributed by atoms with van der Waals surface area (Å²) in [4.78, 5) is 17.2. The van der Waals surface area contributed by atoms with E-state index in [1.807, 2.05) is 43.3 Å². The van der Waals surface area contributed by atoms with Crippen molar-refractivity contribution in [3.8, 4) is 23.1 Å². The van der Waals surface area contributed by atoms with Crippen LogP contribution in [0.25, 0.3) is 27.8 Å². The Morgan fingerprint density at radius 1 is 0.900 bits per heavy atom. The molecule has 40 heavy (non-hydrogen) atoms. The van der Waals surface area contributed by atoms with E-state index < -0.39 is 11.7 Å². The zero-order valence-electron chi connectivity index (χ0n) is 21.5. The van der Waals surface area contributed by atoms with Crippen LogP contribution in [-0.4, -0.2) is 40.5 Å². The number of halogens is 3. The molecular formula is C30H25F3N4O3. The van der Waals surface area contributed by atoms with E-state index in [1.54, 1.807) is 30.3 Å². The van der Waals surface area contributed by atoms with Gasteiger partial charge in [0.2, 0.25) is 0 Å². The summed E-state index contributed by atoms with van der Waals surface area (Å²) in [7, 11) is 0. The second-order valence-electron chi connectivity index (χ2n) is 8.82. The fraction of sp³-hybridized carbons (Fsp3) is 0.167. The fourth-order valence-corrected chi connectivity index (χ4v) is 4.11. The van der Waals surface area contributed by atoms with Gasteiger partial charge in [-0.3, -0.25) is 4.79 Å². The summed E-state index contributed by atoms with van der Waals surface area (Å²) in [5.74, 6) is -0.0978. The molecule has 1 amide bonds. The van der Waals surface area contributed by atoms with Gasteiger partial charge in [0.15, 0.2) is 5.82 Å². The lowest BCUT2D eigenvalue weighted by atomic mass is 10.1. The summed E-state index contributed by atoms with van der Waals surface area (Å²) in [6, 6.07) is 24.8. The van der Waals surface area contributed by atoms with Crippen LogP contribution in [0.1, 0.15) is 22.8 Å². The Kier molecular flexibility index (Phi) is 7.79. The highest BCUT2D eigenvalue weighted by Crippen LogP contribution is 2.33. The summed E-state index contributed by atoms with van der Waals surface area (Å²) < 4.78 is 52.4. The molecule has 0 saturated heterocycles. The molecule has 0 unspecified atom stereocenters. The average Bonchev–Trinajstić information content (AvgIpc) is 3.39. The summed E-state index contributed by atoms with van der Waals surface area (Å²) in [6.07, 6.45) is -4.51. The zero-order chi connectivity index (χ0) is 28.1. The van der Waals surface area contributed by atoms with Gasteiger partial charge in [-0.1, -0.05) is 42.5 Å². The maximum Gasteiger partial charge on any atom is 0.416 e. The first-order valence-electron chi connectivity index (χ1n) is 12.6. The van der Waals surface area contributed by atoms with Crippen LogP contribution in [0.15, 0.2) is 91.0 Å². The lowest BCUT2D eigenvalue weighted by Crippen LogP contribution is -2.12. The normalized spacial score (nSPS) is 11.5. The van der Waals surface area contributed by atoms with Crippen molar-refractivity contribution in [3.63, 3.8) is 0 Å². The van der Waals surface area contributed by atoms with E-state index in [2.05, 4.69) is 15.4 Å². The van der Waals surface area contributed by atoms with E-state index in [0.29, 0.717) is 30.2 Å². The minimum Gasteiger partial charge on any atom is -0.460 e. The smallest absolute Gasteiger partial charge is 0.416 e. The number of hydrogen-bond acceptors (Lipinski definition) is 5. The molecule has 0 saturated carbocycles. The summed E-state index contributed by atoms with van der Waals surface area (Å²) in [5.41, 5.74) is 0.986. The Hall–Kier alpha value is -4.70. The molecule has 7 nitrogen and oxygen atoms in total. The number of carbonyl (C=O) groups excluding carboxylic acids is 1. The van der Waals surface area contributed by atoms with Gasteiger partial charge in [0.05, 0.1) is 17.9 Å². The molecule has 0 spiro atoms. The maximum atomic E-state index is 13.4. The average molecular weight is 547 g/mol. The number of alkyl halides is 3. The molecule has 0 atom stereocenters. The molecule has 0 aliphatic rings. The van der Waals surface area contributed by atoms with Crippen molar-refractivity contribution < 1.29 is 27.4 Å². The molecule has 0 aliphatic heterocycles. The van der Waals surface area contributed by atoms with Crippen LogP contribution in [0.4, 0.5) is 18.9 Å². The molecule has 4 aromatic carbocycles. The van der Waals surface area contributed by atoms with Crippen molar-refractivity contribution in [3.05, 3.63) is 102 Å². The Morgan fingerprint density at radius 2 is 1.68 bits per heavy atom. The lowest BCUT2D eigenvalue weighted by Gasteiger charge is -2.10. The molecule has 1 aromatic heterocycles. The second kappa shape index (κ2) is 11.6. The van der Waals surface area contributed by atoms with Gasteiger partial charge in [0.25, 0.3) is 5.91 Å². The number of rotatable bonds is 9. The van der Waals surface area contributed by atoms with Crippen molar-refractivity contribution in [2.45, 2.75) is 13.1 Å². The van der Waals surface area contributed by atoms with Crippen LogP contribution >= 0.6 is 0 Å².